The van der Waals surface area contributed by atoms with Crippen molar-refractivity contribution in [3.05, 3.63) is 53.7 Å². The van der Waals surface area contributed by atoms with E-state index in [9.17, 15) is 13.2 Å². The molecule has 1 aromatic heterocycles. The van der Waals surface area contributed by atoms with Gasteiger partial charge < -0.3 is 14.0 Å². The lowest BCUT2D eigenvalue weighted by Crippen LogP contribution is -2.38. The van der Waals surface area contributed by atoms with Crippen molar-refractivity contribution >= 4 is 27.3 Å². The molecule has 0 radical (unpaired) electrons. The van der Waals surface area contributed by atoms with Crippen molar-refractivity contribution in [2.75, 3.05) is 23.3 Å². The molecule has 162 valence electrons. The van der Waals surface area contributed by atoms with Gasteiger partial charge in [-0.1, -0.05) is 11.2 Å². The molecule has 1 aliphatic heterocycles. The number of nitrogens with zero attached hydrogens (tertiary/aromatic N) is 3. The van der Waals surface area contributed by atoms with Crippen LogP contribution < -0.4 is 19.1 Å². The molecule has 0 saturated carbocycles. The smallest absolute Gasteiger partial charge is 0.265 e. The minimum atomic E-state index is -3.92. The molecule has 0 saturated heterocycles. The van der Waals surface area contributed by atoms with E-state index < -0.39 is 10.0 Å². The van der Waals surface area contributed by atoms with Gasteiger partial charge in [0.05, 0.1) is 29.9 Å². The summed E-state index contributed by atoms with van der Waals surface area (Å²) in [5.41, 5.74) is 1.25. The number of rotatable bonds is 6. The average Bonchev–Trinajstić information content (AvgIpc) is 3.14. The Bertz CT molecular complexity index is 1250. The van der Waals surface area contributed by atoms with Crippen LogP contribution in [0.5, 0.6) is 11.5 Å². The molecule has 0 aliphatic carbocycles. The highest BCUT2D eigenvalue weighted by atomic mass is 32.2. The fourth-order valence-corrected chi connectivity index (χ4v) is 4.53. The summed E-state index contributed by atoms with van der Waals surface area (Å²) in [5, 5.41) is 3.82. The Hall–Kier alpha value is -3.60. The Labute approximate surface area is 178 Å². The van der Waals surface area contributed by atoms with E-state index in [0.717, 1.165) is 0 Å². The number of ether oxygens (including phenoxy) is 2. The fraction of sp³-hybridized carbons (Fsp3) is 0.250. The maximum absolute atomic E-state index is 13.0. The maximum Gasteiger partial charge on any atom is 0.265 e. The molecule has 0 atom stereocenters. The molecule has 1 aliphatic rings. The Morgan fingerprint density at radius 3 is 2.74 bits per heavy atom. The minimum Gasteiger partial charge on any atom is -0.497 e. The van der Waals surface area contributed by atoms with Gasteiger partial charge in [0.2, 0.25) is 5.89 Å². The number of hydrogen-bond donors (Lipinski definition) is 1. The Morgan fingerprint density at radius 2 is 2.03 bits per heavy atom. The first-order valence-electron chi connectivity index (χ1n) is 9.31. The highest BCUT2D eigenvalue weighted by Gasteiger charge is 2.30. The molecule has 1 N–H and O–H groups in total. The van der Waals surface area contributed by atoms with E-state index in [1.54, 1.807) is 44.2 Å². The predicted octanol–water partition coefficient (Wildman–Crippen LogP) is 2.42. The number of fused-ring (bicyclic) bond motifs is 1. The van der Waals surface area contributed by atoms with Crippen LogP contribution in [0.4, 0.5) is 11.4 Å². The summed E-state index contributed by atoms with van der Waals surface area (Å²) in [6.45, 7) is 3.16. The van der Waals surface area contributed by atoms with Crippen molar-refractivity contribution in [2.24, 2.45) is 0 Å². The maximum atomic E-state index is 13.0. The molecule has 10 nitrogen and oxygen atoms in total. The standard InChI is InChI=1S/C20H20N4O6S/c1-12-7-16-17(29-11-20(25)24(16)10-19-21-13(2)30-22-19)9-18(12)31(26,27)23-14-5-4-6-15(8-14)28-3/h4-9,23H,10-11H2,1-3H3. The van der Waals surface area contributed by atoms with Crippen molar-refractivity contribution in [1.82, 2.24) is 10.1 Å². The van der Waals surface area contributed by atoms with E-state index in [1.165, 1.54) is 18.1 Å². The van der Waals surface area contributed by atoms with Crippen molar-refractivity contribution in [3.8, 4) is 11.5 Å². The number of aromatic nitrogens is 2. The molecule has 3 aromatic rings. The third-order valence-electron chi connectivity index (χ3n) is 4.68. The van der Waals surface area contributed by atoms with Gasteiger partial charge in [-0.2, -0.15) is 4.98 Å². The normalized spacial score (nSPS) is 13.5. The summed E-state index contributed by atoms with van der Waals surface area (Å²) in [7, 11) is -2.42. The number of carbonyl (C=O) groups is 1. The molecular formula is C20H20N4O6S. The summed E-state index contributed by atoms with van der Waals surface area (Å²) in [5.74, 6) is 1.23. The highest BCUT2D eigenvalue weighted by Crippen LogP contribution is 2.37. The van der Waals surface area contributed by atoms with Crippen LogP contribution in [-0.4, -0.2) is 38.2 Å². The molecule has 11 heteroatoms. The van der Waals surface area contributed by atoms with Crippen LogP contribution in [0.1, 0.15) is 17.3 Å². The lowest BCUT2D eigenvalue weighted by atomic mass is 10.1. The van der Waals surface area contributed by atoms with Gasteiger partial charge in [-0.05, 0) is 30.7 Å². The van der Waals surface area contributed by atoms with Crippen molar-refractivity contribution < 1.29 is 27.2 Å². The number of nitrogens with one attached hydrogen (secondary N) is 1. The van der Waals surface area contributed by atoms with Crippen LogP contribution in [0.15, 0.2) is 45.8 Å². The number of carbonyl (C=O) groups excluding carboxylic acids is 1. The van der Waals surface area contributed by atoms with Crippen molar-refractivity contribution in [3.63, 3.8) is 0 Å². The third-order valence-corrected chi connectivity index (χ3v) is 6.20. The molecule has 31 heavy (non-hydrogen) atoms. The molecule has 0 bridgehead atoms. The largest absolute Gasteiger partial charge is 0.497 e. The van der Waals surface area contributed by atoms with Gasteiger partial charge in [-0.25, -0.2) is 8.42 Å². The van der Waals surface area contributed by atoms with Crippen LogP contribution >= 0.6 is 0 Å². The number of anilines is 2. The zero-order valence-electron chi connectivity index (χ0n) is 17.1. The average molecular weight is 444 g/mol. The second-order valence-corrected chi connectivity index (χ2v) is 8.57. The van der Waals surface area contributed by atoms with E-state index in [0.29, 0.717) is 34.4 Å². The lowest BCUT2D eigenvalue weighted by molar-refractivity contribution is -0.121. The second-order valence-electron chi connectivity index (χ2n) is 6.92. The van der Waals surface area contributed by atoms with E-state index >= 15 is 0 Å². The number of benzene rings is 2. The minimum absolute atomic E-state index is 0.0405. The van der Waals surface area contributed by atoms with Crippen LogP contribution in [0.25, 0.3) is 0 Å². The number of sulfonamides is 1. The van der Waals surface area contributed by atoms with E-state index in [1.807, 2.05) is 0 Å². The Morgan fingerprint density at radius 1 is 1.23 bits per heavy atom. The molecular weight excluding hydrogens is 424 g/mol. The first-order valence-corrected chi connectivity index (χ1v) is 10.8. The van der Waals surface area contributed by atoms with Crippen LogP contribution in [0, 0.1) is 13.8 Å². The van der Waals surface area contributed by atoms with Gasteiger partial charge in [0.25, 0.3) is 15.9 Å². The molecule has 0 fully saturated rings. The summed E-state index contributed by atoms with van der Waals surface area (Å²) in [6.07, 6.45) is 0. The fourth-order valence-electron chi connectivity index (χ4n) is 3.24. The Kier molecular flexibility index (Phi) is 5.27. The molecule has 2 heterocycles. The zero-order chi connectivity index (χ0) is 22.2. The van der Waals surface area contributed by atoms with Gasteiger partial charge in [-0.15, -0.1) is 0 Å². The first-order chi connectivity index (χ1) is 14.8. The van der Waals surface area contributed by atoms with Gasteiger partial charge in [0.1, 0.15) is 11.5 Å². The molecule has 0 spiro atoms. The van der Waals surface area contributed by atoms with Crippen LogP contribution in [0.3, 0.4) is 0 Å². The van der Waals surface area contributed by atoms with Gasteiger partial charge in [0, 0.05) is 19.1 Å². The number of aryl methyl sites for hydroxylation is 2. The summed E-state index contributed by atoms with van der Waals surface area (Å²) < 4.78 is 44.2. The lowest BCUT2D eigenvalue weighted by Gasteiger charge is -2.29. The van der Waals surface area contributed by atoms with Gasteiger partial charge in [-0.3, -0.25) is 14.4 Å². The molecule has 1 amide bonds. The summed E-state index contributed by atoms with van der Waals surface area (Å²) in [6, 6.07) is 9.61. The van der Waals surface area contributed by atoms with Crippen LogP contribution in [-0.2, 0) is 21.4 Å². The van der Waals surface area contributed by atoms with Crippen molar-refractivity contribution in [2.45, 2.75) is 25.3 Å². The topological polar surface area (TPSA) is 124 Å². The zero-order valence-corrected chi connectivity index (χ0v) is 17.9. The van der Waals surface area contributed by atoms with E-state index in [4.69, 9.17) is 14.0 Å². The van der Waals surface area contributed by atoms with E-state index in [-0.39, 0.29) is 29.7 Å². The monoisotopic (exact) mass is 444 g/mol. The predicted molar refractivity (Wildman–Crippen MR) is 111 cm³/mol. The number of methoxy groups -OCH3 is 1. The second kappa shape index (κ2) is 7.91. The summed E-state index contributed by atoms with van der Waals surface area (Å²) in [4.78, 5) is 18.0. The van der Waals surface area contributed by atoms with Gasteiger partial charge >= 0.3 is 0 Å². The first kappa shape index (κ1) is 20.7. The molecule has 4 rings (SSSR count). The molecule has 2 aromatic carbocycles. The van der Waals surface area contributed by atoms with E-state index in [2.05, 4.69) is 14.9 Å². The molecule has 0 unspecified atom stereocenters. The van der Waals surface area contributed by atoms with Gasteiger partial charge in [0.15, 0.2) is 12.4 Å². The highest BCUT2D eigenvalue weighted by molar-refractivity contribution is 7.92. The number of amides is 1. The van der Waals surface area contributed by atoms with Crippen LogP contribution in [0.2, 0.25) is 0 Å². The third kappa shape index (κ3) is 4.17. The quantitative estimate of drug-likeness (QED) is 0.615. The van der Waals surface area contributed by atoms with Crippen molar-refractivity contribution in [1.29, 1.82) is 0 Å². The Balaban J connectivity index is 1.67. The summed E-state index contributed by atoms with van der Waals surface area (Å²) >= 11 is 0. The SMILES string of the molecule is COc1cccc(NS(=O)(=O)c2cc3c(cc2C)N(Cc2noc(C)n2)C(=O)CO3)c1. The number of hydrogen-bond acceptors (Lipinski definition) is 8.